The average Bonchev–Trinajstić information content (AvgIpc) is 2.86. The Balaban J connectivity index is 2.79. The van der Waals surface area contributed by atoms with Crippen molar-refractivity contribution in [1.29, 1.82) is 0 Å². The average molecular weight is 814 g/mol. The molecule has 224 valence electrons. The van der Waals surface area contributed by atoms with Gasteiger partial charge in [-0.3, -0.25) is 0 Å². The first kappa shape index (κ1) is 34.5. The number of methoxy groups -OCH3 is 3. The van der Waals surface area contributed by atoms with Crippen LogP contribution in [0, 0.1) is 0 Å². The fraction of sp³-hybridized carbons (Fsp3) is 0.471. The third-order valence-corrected chi connectivity index (χ3v) is 20.6. The van der Waals surface area contributed by atoms with E-state index in [0.717, 1.165) is 33.9 Å². The minimum absolute atomic E-state index is 0.0813. The van der Waals surface area contributed by atoms with Crippen molar-refractivity contribution in [1.82, 2.24) is 0 Å². The topological polar surface area (TPSA) is 27.7 Å². The van der Waals surface area contributed by atoms with Crippen LogP contribution in [0.3, 0.4) is 0 Å². The molecule has 0 aliphatic carbocycles. The minimum atomic E-state index is -3.53. The van der Waals surface area contributed by atoms with Crippen molar-refractivity contribution in [2.24, 2.45) is 0 Å². The van der Waals surface area contributed by atoms with Crippen LogP contribution in [0.15, 0.2) is 54.6 Å². The van der Waals surface area contributed by atoms with Crippen LogP contribution < -0.4 is 14.2 Å². The second kappa shape index (κ2) is 12.2. The van der Waals surface area contributed by atoms with E-state index in [0.29, 0.717) is 0 Å². The van der Waals surface area contributed by atoms with Gasteiger partial charge in [-0.25, -0.2) is 0 Å². The molecule has 0 N–H and O–H groups in total. The predicted molar refractivity (Wildman–Crippen MR) is 187 cm³/mol. The molecular weight excluding hydrogens is 769 g/mol. The fourth-order valence-electron chi connectivity index (χ4n) is 5.30. The van der Waals surface area contributed by atoms with Gasteiger partial charge in [0, 0.05) is 0 Å². The standard InChI is InChI=1S/C34H45Br3GeO3/c1-31(2,3)22-13-16-28(39-10)25(19-22)34(38(35,36)37,26-20-23(32(4,5)6)14-17-29(26)40-11)27-21-24(33(7,8)9)15-18-30(27)41-12/h13-21H,1-12H3. The van der Waals surface area contributed by atoms with Crippen molar-refractivity contribution in [2.45, 2.75) is 82.8 Å². The molecule has 3 aromatic rings. The molecule has 3 aromatic carbocycles. The maximum atomic E-state index is 6.19. The molecule has 0 fully saturated rings. The first-order valence-electron chi connectivity index (χ1n) is 13.9. The SMILES string of the molecule is COc1ccc(C(C)(C)C)cc1[C](c1cc(C(C)(C)C)ccc1OC)(c1cc(C(C)(C)C)ccc1OC)[Ge]([Br])([Br])[Br]. The summed E-state index contributed by atoms with van der Waals surface area (Å²) in [4.78, 5) is 0. The van der Waals surface area contributed by atoms with E-state index in [2.05, 4.69) is 159 Å². The zero-order valence-electron chi connectivity index (χ0n) is 26.6. The second-order valence-electron chi connectivity index (χ2n) is 13.7. The number of hydrogen-bond acceptors (Lipinski definition) is 3. The zero-order valence-corrected chi connectivity index (χ0v) is 33.4. The van der Waals surface area contributed by atoms with Gasteiger partial charge in [-0.15, -0.1) is 0 Å². The second-order valence-corrected chi connectivity index (χ2v) is 52.5. The van der Waals surface area contributed by atoms with E-state index in [-0.39, 0.29) is 16.2 Å². The van der Waals surface area contributed by atoms with Crippen LogP contribution in [0.4, 0.5) is 0 Å². The number of rotatable bonds is 7. The molecule has 3 nitrogen and oxygen atoms in total. The third kappa shape index (κ3) is 6.76. The van der Waals surface area contributed by atoms with Crippen LogP contribution in [-0.2, 0) is 20.5 Å². The van der Waals surface area contributed by atoms with E-state index in [4.69, 9.17) is 14.2 Å². The Morgan fingerprint density at radius 2 is 0.707 bits per heavy atom. The molecule has 0 saturated carbocycles. The van der Waals surface area contributed by atoms with E-state index in [9.17, 15) is 0 Å². The van der Waals surface area contributed by atoms with Gasteiger partial charge in [0.25, 0.3) is 0 Å². The molecule has 41 heavy (non-hydrogen) atoms. The number of halogens is 3. The van der Waals surface area contributed by atoms with Gasteiger partial charge in [0.05, 0.1) is 0 Å². The van der Waals surface area contributed by atoms with Crippen molar-refractivity contribution >= 4 is 49.8 Å². The number of hydrogen-bond donors (Lipinski definition) is 0. The van der Waals surface area contributed by atoms with Crippen molar-refractivity contribution in [3.63, 3.8) is 0 Å². The molecule has 0 amide bonds. The van der Waals surface area contributed by atoms with Crippen LogP contribution in [0.25, 0.3) is 0 Å². The molecule has 0 aliphatic rings. The third-order valence-electron chi connectivity index (χ3n) is 7.83. The molecule has 0 unspecified atom stereocenters. The van der Waals surface area contributed by atoms with Crippen molar-refractivity contribution < 1.29 is 14.2 Å². The summed E-state index contributed by atoms with van der Waals surface area (Å²) in [6.45, 7) is 20.2. The van der Waals surface area contributed by atoms with Gasteiger partial charge in [-0.1, -0.05) is 0 Å². The van der Waals surface area contributed by atoms with Crippen molar-refractivity contribution in [2.75, 3.05) is 21.3 Å². The Morgan fingerprint density at radius 1 is 0.463 bits per heavy atom. The number of benzene rings is 3. The monoisotopic (exact) mass is 812 g/mol. The molecule has 7 heteroatoms. The molecule has 0 spiro atoms. The van der Waals surface area contributed by atoms with Gasteiger partial charge in [0.2, 0.25) is 0 Å². The van der Waals surface area contributed by atoms with E-state index in [1.807, 2.05) is 0 Å². The van der Waals surface area contributed by atoms with Gasteiger partial charge in [-0.05, 0) is 0 Å². The zero-order chi connectivity index (χ0) is 31.2. The molecule has 0 aromatic heterocycles. The Hall–Kier alpha value is -0.957. The maximum absolute atomic E-state index is 6.19. The van der Waals surface area contributed by atoms with Crippen LogP contribution in [0.2, 0.25) is 0 Å². The van der Waals surface area contributed by atoms with Crippen LogP contribution in [0.1, 0.15) is 95.7 Å². The molecule has 0 radical (unpaired) electrons. The summed E-state index contributed by atoms with van der Waals surface area (Å²) in [5, 5.41) is 0. The molecule has 0 saturated heterocycles. The van der Waals surface area contributed by atoms with Gasteiger partial charge in [0.15, 0.2) is 0 Å². The summed E-state index contributed by atoms with van der Waals surface area (Å²) in [6, 6.07) is 19.8. The molecule has 3 rings (SSSR count). The van der Waals surface area contributed by atoms with Crippen molar-refractivity contribution in [3.8, 4) is 17.2 Å². The Morgan fingerprint density at radius 3 is 0.878 bits per heavy atom. The summed E-state index contributed by atoms with van der Waals surface area (Å²) >= 11 is 12.8. The van der Waals surface area contributed by atoms with E-state index < -0.39 is 12.0 Å². The summed E-state index contributed by atoms with van der Waals surface area (Å²) in [5.74, 6) is 2.41. The summed E-state index contributed by atoms with van der Waals surface area (Å²) < 4.78 is 17.8. The first-order valence-corrected chi connectivity index (χ1v) is 29.7. The van der Waals surface area contributed by atoms with E-state index >= 15 is 0 Å². The Labute approximate surface area is 271 Å². The molecule has 0 bridgehead atoms. The fourth-order valence-corrected chi connectivity index (χ4v) is 18.4. The summed E-state index contributed by atoms with van der Waals surface area (Å²) in [7, 11) is 1.71. The first-order chi connectivity index (χ1) is 18.7. The Kier molecular flexibility index (Phi) is 10.3. The van der Waals surface area contributed by atoms with E-state index in [1.54, 1.807) is 21.3 Å². The van der Waals surface area contributed by atoms with Gasteiger partial charge in [-0.2, -0.15) is 0 Å². The predicted octanol–water partition coefficient (Wildman–Crippen LogP) is 10.6. The summed E-state index contributed by atoms with van der Waals surface area (Å²) in [6.07, 6.45) is 0. The van der Waals surface area contributed by atoms with Crippen LogP contribution in [-0.4, -0.2) is 29.1 Å². The quantitative estimate of drug-likeness (QED) is 0.176. The molecule has 0 atom stereocenters. The Bertz CT molecular complexity index is 1230. The number of ether oxygens (including phenoxy) is 3. The molecule has 0 aliphatic heterocycles. The van der Waals surface area contributed by atoms with E-state index in [1.165, 1.54) is 16.7 Å². The van der Waals surface area contributed by atoms with Gasteiger partial charge < -0.3 is 0 Å². The van der Waals surface area contributed by atoms with Crippen molar-refractivity contribution in [3.05, 3.63) is 88.0 Å². The van der Waals surface area contributed by atoms with Gasteiger partial charge in [0.1, 0.15) is 0 Å². The summed E-state index contributed by atoms with van der Waals surface area (Å²) in [5.41, 5.74) is 6.55. The molecule has 0 heterocycles. The van der Waals surface area contributed by atoms with Crippen LogP contribution >= 0.6 is 42.0 Å². The normalized spacial score (nSPS) is 13.2. The van der Waals surface area contributed by atoms with Crippen LogP contribution in [0.5, 0.6) is 17.2 Å². The molecular formula is C34H45Br3GeO3. The van der Waals surface area contributed by atoms with Gasteiger partial charge >= 0.3 is 273 Å².